The van der Waals surface area contributed by atoms with E-state index < -0.39 is 10.8 Å². The topological polar surface area (TPSA) is 93.9 Å². The van der Waals surface area contributed by atoms with E-state index in [1.165, 1.54) is 31.9 Å². The highest BCUT2D eigenvalue weighted by molar-refractivity contribution is 5.99. The fraction of sp³-hybridized carbons (Fsp3) is 0.381. The number of hydrogen-bond donors (Lipinski definition) is 1. The highest BCUT2D eigenvalue weighted by Crippen LogP contribution is 2.34. The van der Waals surface area contributed by atoms with Crippen molar-refractivity contribution in [3.63, 3.8) is 0 Å². The molecule has 1 saturated heterocycles. The molecule has 2 aromatic carbocycles. The van der Waals surface area contributed by atoms with E-state index in [0.29, 0.717) is 0 Å². The molecule has 1 heterocycles. The van der Waals surface area contributed by atoms with Crippen LogP contribution in [0.15, 0.2) is 42.5 Å². The van der Waals surface area contributed by atoms with Gasteiger partial charge in [0.2, 0.25) is 0 Å². The van der Waals surface area contributed by atoms with Gasteiger partial charge in [-0.15, -0.1) is 0 Å². The predicted molar refractivity (Wildman–Crippen MR) is 108 cm³/mol. The van der Waals surface area contributed by atoms with E-state index in [9.17, 15) is 14.9 Å². The van der Waals surface area contributed by atoms with Crippen molar-refractivity contribution in [3.8, 4) is 11.5 Å². The first-order valence-electron chi connectivity index (χ1n) is 9.49. The standard InChI is InChI=1S/C21H25N3O5/c1-28-19-12-17(18(24(26)27)13-20(19)29-2)21(25)22-16-8-10-23(11-9-16)14-15-6-4-3-5-7-15/h3-7,12-13,16H,8-11,14H2,1-2H3,(H,22,25). The number of hydrogen-bond acceptors (Lipinski definition) is 6. The summed E-state index contributed by atoms with van der Waals surface area (Å²) in [5.74, 6) is 0.0186. The smallest absolute Gasteiger partial charge is 0.286 e. The van der Waals surface area contributed by atoms with Gasteiger partial charge in [0.25, 0.3) is 11.6 Å². The monoisotopic (exact) mass is 399 g/mol. The molecule has 29 heavy (non-hydrogen) atoms. The molecule has 1 aliphatic heterocycles. The summed E-state index contributed by atoms with van der Waals surface area (Å²) in [5, 5.41) is 14.4. The van der Waals surface area contributed by atoms with E-state index in [2.05, 4.69) is 22.3 Å². The summed E-state index contributed by atoms with van der Waals surface area (Å²) in [6, 6.07) is 12.8. The lowest BCUT2D eigenvalue weighted by Crippen LogP contribution is -2.44. The Kier molecular flexibility index (Phi) is 6.66. The lowest BCUT2D eigenvalue weighted by Gasteiger charge is -2.32. The first-order valence-corrected chi connectivity index (χ1v) is 9.49. The third-order valence-corrected chi connectivity index (χ3v) is 5.11. The van der Waals surface area contributed by atoms with Crippen molar-refractivity contribution in [2.45, 2.75) is 25.4 Å². The summed E-state index contributed by atoms with van der Waals surface area (Å²) >= 11 is 0. The number of nitrogens with one attached hydrogen (secondary N) is 1. The summed E-state index contributed by atoms with van der Waals surface area (Å²) in [7, 11) is 2.82. The van der Waals surface area contributed by atoms with Crippen LogP contribution in [0.2, 0.25) is 0 Å². The number of piperidine rings is 1. The zero-order chi connectivity index (χ0) is 20.8. The molecule has 0 aromatic heterocycles. The zero-order valence-corrected chi connectivity index (χ0v) is 16.6. The number of methoxy groups -OCH3 is 2. The maximum Gasteiger partial charge on any atom is 0.286 e. The normalized spacial score (nSPS) is 15.0. The van der Waals surface area contributed by atoms with E-state index in [4.69, 9.17) is 9.47 Å². The Bertz CT molecular complexity index is 864. The molecule has 0 saturated carbocycles. The molecule has 8 nitrogen and oxygen atoms in total. The fourth-order valence-electron chi connectivity index (χ4n) is 3.54. The largest absolute Gasteiger partial charge is 0.493 e. The Labute approximate surface area is 169 Å². The Balaban J connectivity index is 1.64. The Morgan fingerprint density at radius 1 is 1.14 bits per heavy atom. The van der Waals surface area contributed by atoms with Gasteiger partial charge in [0.15, 0.2) is 11.5 Å². The SMILES string of the molecule is COc1cc(C(=O)NC2CCN(Cc3ccccc3)CC2)c([N+](=O)[O-])cc1OC. The minimum atomic E-state index is -0.584. The highest BCUT2D eigenvalue weighted by atomic mass is 16.6. The van der Waals surface area contributed by atoms with Gasteiger partial charge in [-0.1, -0.05) is 30.3 Å². The number of ether oxygens (including phenoxy) is 2. The number of carbonyl (C=O) groups is 1. The summed E-state index contributed by atoms with van der Waals surface area (Å²) in [6.45, 7) is 2.59. The molecular formula is C21H25N3O5. The van der Waals surface area contributed by atoms with Gasteiger partial charge >= 0.3 is 0 Å². The van der Waals surface area contributed by atoms with Crippen molar-refractivity contribution in [1.82, 2.24) is 10.2 Å². The van der Waals surface area contributed by atoms with Gasteiger partial charge in [-0.3, -0.25) is 19.8 Å². The van der Waals surface area contributed by atoms with Crippen LogP contribution < -0.4 is 14.8 Å². The molecule has 2 aromatic rings. The van der Waals surface area contributed by atoms with Crippen molar-refractivity contribution in [2.75, 3.05) is 27.3 Å². The molecule has 0 radical (unpaired) electrons. The van der Waals surface area contributed by atoms with Crippen LogP contribution in [0.25, 0.3) is 0 Å². The summed E-state index contributed by atoms with van der Waals surface area (Å²) < 4.78 is 10.3. The van der Waals surface area contributed by atoms with Gasteiger partial charge in [-0.2, -0.15) is 0 Å². The third kappa shape index (κ3) is 5.03. The maximum atomic E-state index is 12.8. The van der Waals surface area contributed by atoms with Crippen LogP contribution in [0.5, 0.6) is 11.5 Å². The molecule has 8 heteroatoms. The average molecular weight is 399 g/mol. The third-order valence-electron chi connectivity index (χ3n) is 5.11. The second-order valence-corrected chi connectivity index (χ2v) is 6.99. The van der Waals surface area contributed by atoms with Crippen molar-refractivity contribution in [3.05, 3.63) is 63.7 Å². The zero-order valence-electron chi connectivity index (χ0n) is 16.6. The predicted octanol–water partition coefficient (Wildman–Crippen LogP) is 3.01. The number of likely N-dealkylation sites (tertiary alicyclic amines) is 1. The van der Waals surface area contributed by atoms with Crippen LogP contribution in [-0.2, 0) is 6.54 Å². The summed E-state index contributed by atoms with van der Waals surface area (Å²) in [5.41, 5.74) is 0.928. The van der Waals surface area contributed by atoms with Crippen LogP contribution in [0.3, 0.4) is 0 Å². The first-order chi connectivity index (χ1) is 14.0. The molecular weight excluding hydrogens is 374 g/mol. The quantitative estimate of drug-likeness (QED) is 0.568. The molecule has 0 spiro atoms. The van der Waals surface area contributed by atoms with Crippen molar-refractivity contribution >= 4 is 11.6 Å². The molecule has 1 amide bonds. The fourth-order valence-corrected chi connectivity index (χ4v) is 3.54. The number of carbonyl (C=O) groups excluding carboxylic acids is 1. The van der Waals surface area contributed by atoms with Crippen LogP contribution in [-0.4, -0.2) is 49.1 Å². The number of rotatable bonds is 7. The van der Waals surface area contributed by atoms with Crippen LogP contribution >= 0.6 is 0 Å². The molecule has 1 fully saturated rings. The Morgan fingerprint density at radius 2 is 1.76 bits per heavy atom. The highest BCUT2D eigenvalue weighted by Gasteiger charge is 2.27. The number of nitro groups is 1. The van der Waals surface area contributed by atoms with Crippen molar-refractivity contribution in [1.29, 1.82) is 0 Å². The average Bonchev–Trinajstić information content (AvgIpc) is 2.74. The van der Waals surface area contributed by atoms with E-state index >= 15 is 0 Å². The molecule has 1 N–H and O–H groups in total. The van der Waals surface area contributed by atoms with Gasteiger partial charge in [-0.05, 0) is 18.4 Å². The minimum Gasteiger partial charge on any atom is -0.493 e. The number of nitrogens with zero attached hydrogens (tertiary/aromatic N) is 2. The molecule has 154 valence electrons. The molecule has 0 bridgehead atoms. The first kappa shape index (κ1) is 20.6. The molecule has 0 aliphatic carbocycles. The van der Waals surface area contributed by atoms with Crippen LogP contribution in [0.1, 0.15) is 28.8 Å². The summed E-state index contributed by atoms with van der Waals surface area (Å²) in [4.78, 5) is 25.9. The van der Waals surface area contributed by atoms with E-state index in [-0.39, 0.29) is 28.8 Å². The number of amides is 1. The van der Waals surface area contributed by atoms with Crippen LogP contribution in [0, 0.1) is 10.1 Å². The van der Waals surface area contributed by atoms with Gasteiger partial charge in [0.1, 0.15) is 5.56 Å². The van der Waals surface area contributed by atoms with E-state index in [1.54, 1.807) is 0 Å². The second kappa shape index (κ2) is 9.38. The number of nitro benzene ring substituents is 1. The van der Waals surface area contributed by atoms with Crippen molar-refractivity contribution < 1.29 is 19.2 Å². The molecule has 3 rings (SSSR count). The van der Waals surface area contributed by atoms with E-state index in [0.717, 1.165) is 32.5 Å². The van der Waals surface area contributed by atoms with E-state index in [1.807, 2.05) is 18.2 Å². The Morgan fingerprint density at radius 3 is 2.34 bits per heavy atom. The summed E-state index contributed by atoms with van der Waals surface area (Å²) in [6.07, 6.45) is 1.58. The van der Waals surface area contributed by atoms with Gasteiger partial charge in [0, 0.05) is 31.7 Å². The Hall–Kier alpha value is -3.13. The van der Waals surface area contributed by atoms with Gasteiger partial charge in [-0.25, -0.2) is 0 Å². The van der Waals surface area contributed by atoms with Crippen molar-refractivity contribution in [2.24, 2.45) is 0 Å². The molecule has 0 atom stereocenters. The van der Waals surface area contributed by atoms with Crippen LogP contribution in [0.4, 0.5) is 5.69 Å². The van der Waals surface area contributed by atoms with Gasteiger partial charge in [0.05, 0.1) is 25.2 Å². The lowest BCUT2D eigenvalue weighted by atomic mass is 10.0. The second-order valence-electron chi connectivity index (χ2n) is 6.99. The lowest BCUT2D eigenvalue weighted by molar-refractivity contribution is -0.385. The molecule has 1 aliphatic rings. The minimum absolute atomic E-state index is 0.0257. The molecule has 0 unspecified atom stereocenters. The number of benzene rings is 2. The maximum absolute atomic E-state index is 12.8. The van der Waals surface area contributed by atoms with Gasteiger partial charge < -0.3 is 14.8 Å².